The highest BCUT2D eigenvalue weighted by Gasteiger charge is 2.48. The fourth-order valence-corrected chi connectivity index (χ4v) is 5.01. The molecule has 2 aromatic rings. The van der Waals surface area contributed by atoms with Crippen LogP contribution in [0.1, 0.15) is 90.9 Å². The van der Waals surface area contributed by atoms with Crippen LogP contribution < -0.4 is 5.32 Å². The Hall–Kier alpha value is -3.16. The van der Waals surface area contributed by atoms with Gasteiger partial charge in [0, 0.05) is 18.7 Å². The maximum Gasteiger partial charge on any atom is 0.358 e. The van der Waals surface area contributed by atoms with Crippen LogP contribution in [0.3, 0.4) is 0 Å². The number of benzene rings is 1. The summed E-state index contributed by atoms with van der Waals surface area (Å²) in [4.78, 5) is 41.4. The average Bonchev–Trinajstić information content (AvgIpc) is 3.24. The van der Waals surface area contributed by atoms with Crippen molar-refractivity contribution >= 4 is 17.8 Å². The molecule has 0 unspecified atom stereocenters. The molecule has 0 bridgehead atoms. The summed E-state index contributed by atoms with van der Waals surface area (Å²) < 4.78 is 6.56. The van der Waals surface area contributed by atoms with Crippen LogP contribution in [0.15, 0.2) is 30.3 Å². The smallest absolute Gasteiger partial charge is 0.358 e. The summed E-state index contributed by atoms with van der Waals surface area (Å²) in [6.45, 7) is 6.20. The molecule has 2 heterocycles. The number of amides is 2. The second kappa shape index (κ2) is 10.6. The highest BCUT2D eigenvalue weighted by atomic mass is 16.5. The minimum absolute atomic E-state index is 0.0789. The summed E-state index contributed by atoms with van der Waals surface area (Å²) in [5.41, 5.74) is 1.27. The Labute approximate surface area is 207 Å². The molecule has 0 saturated heterocycles. The molecule has 1 aromatic carbocycles. The summed E-state index contributed by atoms with van der Waals surface area (Å²) in [5, 5.41) is 7.60. The summed E-state index contributed by atoms with van der Waals surface area (Å²) in [6.07, 6.45) is 7.73. The summed E-state index contributed by atoms with van der Waals surface area (Å²) in [6, 6.07) is 9.52. The number of hydrogen-bond donors (Lipinski definition) is 1. The third-order valence-electron chi connectivity index (χ3n) is 7.17. The number of nitrogens with one attached hydrogen (secondary N) is 1. The SMILES string of the molecule is CCOC(=O)c1cc2n(n1)C[C@@](C)(C(=O)NC1CCCCCCC1)N(Cc1ccc(C)cc1)C2=O. The number of fused-ring (bicyclic) bond motifs is 1. The molecule has 8 heteroatoms. The van der Waals surface area contributed by atoms with Crippen LogP contribution in [-0.4, -0.2) is 50.7 Å². The Morgan fingerprint density at radius 3 is 2.43 bits per heavy atom. The van der Waals surface area contributed by atoms with E-state index in [9.17, 15) is 14.4 Å². The van der Waals surface area contributed by atoms with Crippen LogP contribution in [0.4, 0.5) is 0 Å². The van der Waals surface area contributed by atoms with Crippen molar-refractivity contribution in [3.8, 4) is 0 Å². The van der Waals surface area contributed by atoms with Gasteiger partial charge in [-0.25, -0.2) is 4.79 Å². The summed E-state index contributed by atoms with van der Waals surface area (Å²) in [5.74, 6) is -1.08. The lowest BCUT2D eigenvalue weighted by Gasteiger charge is -2.44. The number of carbonyl (C=O) groups is 3. The predicted molar refractivity (Wildman–Crippen MR) is 132 cm³/mol. The second-order valence-electron chi connectivity index (χ2n) is 9.96. The minimum Gasteiger partial charge on any atom is -0.461 e. The van der Waals surface area contributed by atoms with Crippen LogP contribution in [0.2, 0.25) is 0 Å². The van der Waals surface area contributed by atoms with Crippen molar-refractivity contribution in [2.75, 3.05) is 6.61 Å². The van der Waals surface area contributed by atoms with Gasteiger partial charge in [-0.3, -0.25) is 14.3 Å². The van der Waals surface area contributed by atoms with Crippen LogP contribution in [0.5, 0.6) is 0 Å². The van der Waals surface area contributed by atoms with Gasteiger partial charge in [-0.2, -0.15) is 5.10 Å². The standard InChI is InChI=1S/C27H36N4O4/c1-4-35-25(33)22-16-23-24(32)30(17-20-14-12-19(2)13-15-20)27(3,18-31(23)29-22)26(34)28-21-10-8-6-5-7-9-11-21/h12-16,21H,4-11,17-18H2,1-3H3,(H,28,34)/t27-/m0/s1. The van der Waals surface area contributed by atoms with Crippen molar-refractivity contribution in [3.05, 3.63) is 52.8 Å². The lowest BCUT2D eigenvalue weighted by atomic mass is 9.91. The first-order valence-electron chi connectivity index (χ1n) is 12.8. The molecule has 1 aliphatic heterocycles. The van der Waals surface area contributed by atoms with Gasteiger partial charge in [0.05, 0.1) is 13.2 Å². The molecule has 8 nitrogen and oxygen atoms in total. The lowest BCUT2D eigenvalue weighted by Crippen LogP contribution is -2.64. The number of rotatable bonds is 6. The first kappa shape index (κ1) is 24.9. The van der Waals surface area contributed by atoms with Gasteiger partial charge in [-0.05, 0) is 39.2 Å². The van der Waals surface area contributed by atoms with Gasteiger partial charge in [-0.1, -0.05) is 61.9 Å². The average molecular weight is 481 g/mol. The van der Waals surface area contributed by atoms with Gasteiger partial charge >= 0.3 is 5.97 Å². The van der Waals surface area contributed by atoms with E-state index >= 15 is 0 Å². The Bertz CT molecular complexity index is 1070. The van der Waals surface area contributed by atoms with Crippen molar-refractivity contribution in [1.82, 2.24) is 20.0 Å². The van der Waals surface area contributed by atoms with E-state index in [0.29, 0.717) is 0 Å². The maximum atomic E-state index is 13.8. The van der Waals surface area contributed by atoms with Crippen LogP contribution >= 0.6 is 0 Å². The lowest BCUT2D eigenvalue weighted by molar-refractivity contribution is -0.134. The predicted octanol–water partition coefficient (Wildman–Crippen LogP) is 4.01. The molecule has 1 fully saturated rings. The highest BCUT2D eigenvalue weighted by molar-refractivity contribution is 6.01. The Balaban J connectivity index is 1.65. The molecule has 1 saturated carbocycles. The van der Waals surface area contributed by atoms with E-state index in [1.807, 2.05) is 31.2 Å². The molecule has 0 radical (unpaired) electrons. The largest absolute Gasteiger partial charge is 0.461 e. The quantitative estimate of drug-likeness (QED) is 0.631. The molecule has 1 N–H and O–H groups in total. The maximum absolute atomic E-state index is 13.8. The number of aryl methyl sites for hydroxylation is 1. The van der Waals surface area contributed by atoms with Crippen molar-refractivity contribution in [1.29, 1.82) is 0 Å². The van der Waals surface area contributed by atoms with Gasteiger partial charge in [-0.15, -0.1) is 0 Å². The second-order valence-corrected chi connectivity index (χ2v) is 9.96. The van der Waals surface area contributed by atoms with Gasteiger partial charge in [0.25, 0.3) is 5.91 Å². The first-order valence-corrected chi connectivity index (χ1v) is 12.8. The zero-order valence-electron chi connectivity index (χ0n) is 21.0. The number of carbonyl (C=O) groups excluding carboxylic acids is 3. The van der Waals surface area contributed by atoms with Gasteiger partial charge < -0.3 is 15.0 Å². The number of nitrogens with zero attached hydrogens (tertiary/aromatic N) is 3. The number of hydrogen-bond acceptors (Lipinski definition) is 5. The van der Waals surface area contributed by atoms with Gasteiger partial charge in [0.1, 0.15) is 11.2 Å². The molecule has 1 aromatic heterocycles. The molecular weight excluding hydrogens is 444 g/mol. The molecular formula is C27H36N4O4. The van der Waals surface area contributed by atoms with Crippen molar-refractivity contribution in [2.24, 2.45) is 0 Å². The zero-order valence-corrected chi connectivity index (χ0v) is 21.0. The van der Waals surface area contributed by atoms with E-state index in [-0.39, 0.29) is 48.9 Å². The fourth-order valence-electron chi connectivity index (χ4n) is 5.01. The molecule has 0 spiro atoms. The van der Waals surface area contributed by atoms with Crippen molar-refractivity contribution in [2.45, 2.75) is 90.4 Å². The normalized spacial score (nSPS) is 21.1. The van der Waals surface area contributed by atoms with E-state index in [0.717, 1.165) is 36.8 Å². The minimum atomic E-state index is -1.16. The van der Waals surface area contributed by atoms with Crippen molar-refractivity contribution < 1.29 is 19.1 Å². The van der Waals surface area contributed by atoms with Crippen molar-refractivity contribution in [3.63, 3.8) is 0 Å². The molecule has 2 amide bonds. The Morgan fingerprint density at radius 1 is 1.11 bits per heavy atom. The fraction of sp³-hybridized carbons (Fsp3) is 0.556. The highest BCUT2D eigenvalue weighted by Crippen LogP contribution is 2.30. The zero-order chi connectivity index (χ0) is 25.0. The molecule has 2 aliphatic rings. The molecule has 1 aliphatic carbocycles. The van der Waals surface area contributed by atoms with E-state index < -0.39 is 11.5 Å². The topological polar surface area (TPSA) is 93.5 Å². The van der Waals surface area contributed by atoms with Gasteiger partial charge in [0.2, 0.25) is 5.91 Å². The molecule has 35 heavy (non-hydrogen) atoms. The van der Waals surface area contributed by atoms with Crippen LogP contribution in [0, 0.1) is 6.92 Å². The Kier molecular flexibility index (Phi) is 7.57. The van der Waals surface area contributed by atoms with E-state index in [1.54, 1.807) is 18.7 Å². The first-order chi connectivity index (χ1) is 16.8. The molecule has 4 rings (SSSR count). The van der Waals surface area contributed by atoms with Gasteiger partial charge in [0.15, 0.2) is 5.69 Å². The van der Waals surface area contributed by atoms with Crippen LogP contribution in [0.25, 0.3) is 0 Å². The van der Waals surface area contributed by atoms with Crippen LogP contribution in [-0.2, 0) is 22.6 Å². The molecule has 1 atom stereocenters. The third-order valence-corrected chi connectivity index (χ3v) is 7.17. The Morgan fingerprint density at radius 2 is 1.77 bits per heavy atom. The monoisotopic (exact) mass is 480 g/mol. The number of ether oxygens (including phenoxy) is 1. The van der Waals surface area contributed by atoms with E-state index in [4.69, 9.17) is 4.74 Å². The van der Waals surface area contributed by atoms with E-state index in [1.165, 1.54) is 30.0 Å². The third kappa shape index (κ3) is 5.41. The number of esters is 1. The summed E-state index contributed by atoms with van der Waals surface area (Å²) in [7, 11) is 0. The number of aromatic nitrogens is 2. The van der Waals surface area contributed by atoms with E-state index in [2.05, 4.69) is 10.4 Å². The summed E-state index contributed by atoms with van der Waals surface area (Å²) >= 11 is 0. The molecule has 188 valence electrons.